The minimum Gasteiger partial charge on any atom is -0.267 e. The molecule has 1 atom stereocenters. The number of hydrogen-bond donors (Lipinski definition) is 1. The van der Waals surface area contributed by atoms with E-state index in [-0.39, 0.29) is 22.5 Å². The third-order valence-electron chi connectivity index (χ3n) is 3.70. The molecule has 4 nitrogen and oxygen atoms in total. The highest BCUT2D eigenvalue weighted by atomic mass is 79.9. The van der Waals surface area contributed by atoms with Crippen molar-refractivity contribution in [2.45, 2.75) is 27.3 Å². The molecule has 1 unspecified atom stereocenters. The van der Waals surface area contributed by atoms with Gasteiger partial charge in [-0.3, -0.25) is 14.7 Å². The number of benzene rings is 1. The van der Waals surface area contributed by atoms with E-state index in [1.165, 1.54) is 4.68 Å². The summed E-state index contributed by atoms with van der Waals surface area (Å²) in [5.74, 6) is 0.247. The van der Waals surface area contributed by atoms with Gasteiger partial charge < -0.3 is 0 Å². The molecule has 0 spiro atoms. The Morgan fingerprint density at radius 3 is 2.35 bits per heavy atom. The van der Waals surface area contributed by atoms with Crippen LogP contribution in [0.4, 0.5) is 0 Å². The lowest BCUT2D eigenvalue weighted by molar-refractivity contribution is 0.228. The fourth-order valence-corrected chi connectivity index (χ4v) is 3.33. The van der Waals surface area contributed by atoms with E-state index >= 15 is 0 Å². The first kappa shape index (κ1) is 15.0. The zero-order chi connectivity index (χ0) is 14.9. The molecule has 0 aliphatic rings. The summed E-state index contributed by atoms with van der Waals surface area (Å²) >= 11 is 3.49. The van der Waals surface area contributed by atoms with Gasteiger partial charge in [0.05, 0.1) is 10.8 Å². The van der Waals surface area contributed by atoms with Gasteiger partial charge >= 0.3 is 0 Å². The van der Waals surface area contributed by atoms with E-state index in [4.69, 9.17) is 0 Å². The maximum atomic E-state index is 12.4. The molecule has 20 heavy (non-hydrogen) atoms. The minimum atomic E-state index is -0.220. The van der Waals surface area contributed by atoms with Crippen LogP contribution in [-0.2, 0) is 6.54 Å². The number of halogens is 1. The van der Waals surface area contributed by atoms with Gasteiger partial charge in [-0.1, -0.05) is 48.8 Å². The maximum Gasteiger partial charge on any atom is 0.273 e. The lowest BCUT2D eigenvalue weighted by atomic mass is 9.82. The number of hydrogen-bond acceptors (Lipinski definition) is 2. The SMILES string of the molecule is CC(C)(C)C(CBr)Cn1[nH]c(=O)c2ccccc2c1=O. The van der Waals surface area contributed by atoms with Crippen LogP contribution in [0.1, 0.15) is 20.8 Å². The Morgan fingerprint density at radius 2 is 1.80 bits per heavy atom. The maximum absolute atomic E-state index is 12.4. The normalized spacial score (nSPS) is 13.6. The Labute approximate surface area is 125 Å². The molecule has 1 N–H and O–H groups in total. The van der Waals surface area contributed by atoms with Crippen LogP contribution in [0.15, 0.2) is 33.9 Å². The molecule has 0 saturated heterocycles. The summed E-state index contributed by atoms with van der Waals surface area (Å²) in [6.07, 6.45) is 0. The summed E-state index contributed by atoms with van der Waals surface area (Å²) in [7, 11) is 0. The third-order valence-corrected chi connectivity index (χ3v) is 4.48. The highest BCUT2D eigenvalue weighted by Crippen LogP contribution is 2.28. The van der Waals surface area contributed by atoms with Gasteiger partial charge in [-0.2, -0.15) is 0 Å². The topological polar surface area (TPSA) is 54.9 Å². The number of aromatic nitrogens is 2. The molecule has 1 aromatic heterocycles. The number of fused-ring (bicyclic) bond motifs is 1. The summed E-state index contributed by atoms with van der Waals surface area (Å²) in [6, 6.07) is 6.91. The molecule has 0 saturated carbocycles. The third kappa shape index (κ3) is 2.87. The molecule has 0 aliphatic heterocycles. The number of H-pyrrole nitrogens is 1. The summed E-state index contributed by atoms with van der Waals surface area (Å²) in [6.45, 7) is 6.88. The van der Waals surface area contributed by atoms with Gasteiger partial charge in [-0.15, -0.1) is 0 Å². The average molecular weight is 339 g/mol. The molecule has 0 bridgehead atoms. The zero-order valence-electron chi connectivity index (χ0n) is 11.9. The van der Waals surface area contributed by atoms with E-state index in [0.29, 0.717) is 17.3 Å². The van der Waals surface area contributed by atoms with Gasteiger partial charge in [0.1, 0.15) is 0 Å². The largest absolute Gasteiger partial charge is 0.273 e. The van der Waals surface area contributed by atoms with Gasteiger partial charge in [0, 0.05) is 11.9 Å². The quantitative estimate of drug-likeness (QED) is 0.875. The van der Waals surface area contributed by atoms with Crippen molar-refractivity contribution in [3.05, 3.63) is 45.0 Å². The smallest absolute Gasteiger partial charge is 0.267 e. The predicted molar refractivity (Wildman–Crippen MR) is 85.6 cm³/mol. The number of aromatic amines is 1. The molecule has 2 aromatic rings. The fraction of sp³-hybridized carbons (Fsp3) is 0.467. The molecule has 0 aliphatic carbocycles. The fourth-order valence-electron chi connectivity index (χ4n) is 2.15. The number of nitrogens with one attached hydrogen (secondary N) is 1. The molecule has 108 valence electrons. The second-order valence-electron chi connectivity index (χ2n) is 6.12. The molecule has 5 heteroatoms. The average Bonchev–Trinajstić information content (AvgIpc) is 2.40. The van der Waals surface area contributed by atoms with Crippen LogP contribution in [0, 0.1) is 11.3 Å². The summed E-state index contributed by atoms with van der Waals surface area (Å²) in [5.41, 5.74) is -0.316. The molecular formula is C15H19BrN2O2. The van der Waals surface area contributed by atoms with Crippen molar-refractivity contribution >= 4 is 26.7 Å². The van der Waals surface area contributed by atoms with Crippen LogP contribution in [0.2, 0.25) is 0 Å². The first-order valence-electron chi connectivity index (χ1n) is 6.62. The molecule has 2 rings (SSSR count). The Balaban J connectivity index is 2.54. The van der Waals surface area contributed by atoms with Gasteiger partial charge in [-0.05, 0) is 23.5 Å². The van der Waals surface area contributed by atoms with Crippen LogP contribution < -0.4 is 11.1 Å². The highest BCUT2D eigenvalue weighted by molar-refractivity contribution is 9.09. The van der Waals surface area contributed by atoms with Crippen molar-refractivity contribution < 1.29 is 0 Å². The van der Waals surface area contributed by atoms with Crippen LogP contribution in [0.25, 0.3) is 10.8 Å². The van der Waals surface area contributed by atoms with E-state index < -0.39 is 0 Å². The Bertz CT molecular complexity index is 725. The molecule has 0 fully saturated rings. The van der Waals surface area contributed by atoms with Gasteiger partial charge in [0.2, 0.25) is 0 Å². The van der Waals surface area contributed by atoms with E-state index in [1.54, 1.807) is 24.3 Å². The van der Waals surface area contributed by atoms with E-state index in [9.17, 15) is 9.59 Å². The molecule has 1 heterocycles. The summed E-state index contributed by atoms with van der Waals surface area (Å²) < 4.78 is 1.43. The molecule has 0 radical (unpaired) electrons. The first-order chi connectivity index (χ1) is 9.34. The van der Waals surface area contributed by atoms with Crippen molar-refractivity contribution in [3.63, 3.8) is 0 Å². The number of alkyl halides is 1. The van der Waals surface area contributed by atoms with Crippen molar-refractivity contribution in [1.29, 1.82) is 0 Å². The van der Waals surface area contributed by atoms with Crippen molar-refractivity contribution in [3.8, 4) is 0 Å². The minimum absolute atomic E-state index is 0.0471. The number of rotatable bonds is 3. The van der Waals surface area contributed by atoms with Crippen LogP contribution in [0.3, 0.4) is 0 Å². The van der Waals surface area contributed by atoms with Crippen molar-refractivity contribution in [1.82, 2.24) is 9.78 Å². The van der Waals surface area contributed by atoms with Gasteiger partial charge in [0.15, 0.2) is 0 Å². The van der Waals surface area contributed by atoms with Gasteiger partial charge in [0.25, 0.3) is 11.1 Å². The van der Waals surface area contributed by atoms with Crippen LogP contribution >= 0.6 is 15.9 Å². The predicted octanol–water partition coefficient (Wildman–Crippen LogP) is 2.75. The summed E-state index contributed by atoms with van der Waals surface area (Å²) in [4.78, 5) is 24.5. The second-order valence-corrected chi connectivity index (χ2v) is 6.77. The van der Waals surface area contributed by atoms with Crippen molar-refractivity contribution in [2.24, 2.45) is 11.3 Å². The van der Waals surface area contributed by atoms with E-state index in [2.05, 4.69) is 41.8 Å². The second kappa shape index (κ2) is 5.56. The Morgan fingerprint density at radius 1 is 1.20 bits per heavy atom. The van der Waals surface area contributed by atoms with Crippen molar-refractivity contribution in [2.75, 3.05) is 5.33 Å². The van der Waals surface area contributed by atoms with Crippen LogP contribution in [0.5, 0.6) is 0 Å². The molecule has 0 amide bonds. The van der Waals surface area contributed by atoms with Gasteiger partial charge in [-0.25, -0.2) is 4.68 Å². The van der Waals surface area contributed by atoms with E-state index in [0.717, 1.165) is 5.33 Å². The first-order valence-corrected chi connectivity index (χ1v) is 7.74. The lowest BCUT2D eigenvalue weighted by Crippen LogP contribution is -2.36. The molecular weight excluding hydrogens is 320 g/mol. The molecule has 1 aromatic carbocycles. The van der Waals surface area contributed by atoms with E-state index in [1.807, 2.05) is 0 Å². The Hall–Kier alpha value is -1.36. The number of nitrogens with zero attached hydrogens (tertiary/aromatic N) is 1. The Kier molecular flexibility index (Phi) is 4.18. The lowest BCUT2D eigenvalue weighted by Gasteiger charge is -2.29. The monoisotopic (exact) mass is 338 g/mol. The standard InChI is InChI=1S/C15H19BrN2O2/c1-15(2,3)10(8-16)9-18-14(20)12-7-5-4-6-11(12)13(19)17-18/h4-7,10H,8-9H2,1-3H3,(H,17,19). The highest BCUT2D eigenvalue weighted by Gasteiger charge is 2.24. The zero-order valence-corrected chi connectivity index (χ0v) is 13.5. The van der Waals surface area contributed by atoms with Crippen LogP contribution in [-0.4, -0.2) is 15.1 Å². The summed E-state index contributed by atoms with van der Waals surface area (Å²) in [5, 5.41) is 4.37.